The third kappa shape index (κ3) is 5.61. The van der Waals surface area contributed by atoms with E-state index in [0.717, 1.165) is 12.1 Å². The average Bonchev–Trinajstić information content (AvgIpc) is 2.68. The van der Waals surface area contributed by atoms with Gasteiger partial charge < -0.3 is 19.5 Å². The van der Waals surface area contributed by atoms with Crippen molar-refractivity contribution in [2.45, 2.75) is 19.6 Å². The summed E-state index contributed by atoms with van der Waals surface area (Å²) >= 11 is 0. The lowest BCUT2D eigenvalue weighted by Crippen LogP contribution is -2.30. The molecular weight excluding hydrogens is 394 g/mol. The normalized spacial score (nSPS) is 11.5. The number of carbonyl (C=O) groups is 2. The van der Waals surface area contributed by atoms with E-state index >= 15 is 0 Å². The van der Waals surface area contributed by atoms with Crippen molar-refractivity contribution in [1.29, 1.82) is 0 Å². The largest absolute Gasteiger partial charge is 0.496 e. The number of ether oxygens (including phenoxy) is 3. The lowest BCUT2D eigenvalue weighted by molar-refractivity contribution is -0.384. The molecule has 2 rings (SSSR count). The Hall–Kier alpha value is -3.76. The molecule has 0 aliphatic heterocycles. The molecule has 2 aromatic carbocycles. The number of para-hydroxylation sites is 2. The average molecular weight is 410 g/mol. The van der Waals surface area contributed by atoms with Crippen molar-refractivity contribution in [2.24, 2.45) is 0 Å². The highest BCUT2D eigenvalue weighted by atomic mass is 19.3. The molecule has 1 amide bonds. The number of methoxy groups -OCH3 is 1. The molecule has 0 aliphatic rings. The number of anilines is 1. The van der Waals surface area contributed by atoms with Crippen molar-refractivity contribution in [2.75, 3.05) is 12.4 Å². The molecule has 11 heteroatoms. The molecule has 0 saturated heterocycles. The fraction of sp³-hybridized carbons (Fsp3) is 0.222. The standard InChI is InChI=1S/C18H16F2N2O7/c1-10(16(23)21-13-5-3-4-6-15(13)29-18(19)20)28-17(24)12-9-11(22(25)26)7-8-14(12)27-2/h3-10,18H,1-2H3,(H,21,23)/t10-/m1/s1. The summed E-state index contributed by atoms with van der Waals surface area (Å²) in [5, 5.41) is 13.2. The minimum Gasteiger partial charge on any atom is -0.496 e. The van der Waals surface area contributed by atoms with E-state index in [1.54, 1.807) is 0 Å². The van der Waals surface area contributed by atoms with Gasteiger partial charge in [-0.1, -0.05) is 12.1 Å². The highest BCUT2D eigenvalue weighted by Crippen LogP contribution is 2.27. The van der Waals surface area contributed by atoms with Gasteiger partial charge in [0.2, 0.25) is 0 Å². The maximum Gasteiger partial charge on any atom is 0.387 e. The van der Waals surface area contributed by atoms with Gasteiger partial charge in [-0.25, -0.2) is 4.79 Å². The molecule has 0 aliphatic carbocycles. The number of nitrogens with one attached hydrogen (secondary N) is 1. The number of nitro groups is 1. The summed E-state index contributed by atoms with van der Waals surface area (Å²) in [5.74, 6) is -2.11. The minimum absolute atomic E-state index is 0.0175. The van der Waals surface area contributed by atoms with Gasteiger partial charge >= 0.3 is 12.6 Å². The molecule has 0 saturated carbocycles. The van der Waals surface area contributed by atoms with Crippen molar-refractivity contribution >= 4 is 23.3 Å². The highest BCUT2D eigenvalue weighted by Gasteiger charge is 2.24. The number of hydrogen-bond acceptors (Lipinski definition) is 7. The van der Waals surface area contributed by atoms with Gasteiger partial charge in [-0.15, -0.1) is 0 Å². The Labute approximate surface area is 163 Å². The summed E-state index contributed by atoms with van der Waals surface area (Å²) in [4.78, 5) is 34.8. The van der Waals surface area contributed by atoms with E-state index in [0.29, 0.717) is 0 Å². The molecule has 0 heterocycles. The van der Waals surface area contributed by atoms with Crippen molar-refractivity contribution < 1.29 is 37.5 Å². The minimum atomic E-state index is -3.09. The smallest absolute Gasteiger partial charge is 0.387 e. The molecule has 9 nitrogen and oxygen atoms in total. The van der Waals surface area contributed by atoms with Crippen LogP contribution in [0.15, 0.2) is 42.5 Å². The monoisotopic (exact) mass is 410 g/mol. The number of hydrogen-bond donors (Lipinski definition) is 1. The van der Waals surface area contributed by atoms with Crippen LogP contribution >= 0.6 is 0 Å². The summed E-state index contributed by atoms with van der Waals surface area (Å²) in [6, 6.07) is 8.80. The topological polar surface area (TPSA) is 117 Å². The van der Waals surface area contributed by atoms with E-state index in [1.807, 2.05) is 0 Å². The van der Waals surface area contributed by atoms with Gasteiger partial charge in [0.25, 0.3) is 11.6 Å². The van der Waals surface area contributed by atoms with Gasteiger partial charge in [0.05, 0.1) is 17.7 Å². The number of esters is 1. The van der Waals surface area contributed by atoms with Crippen LogP contribution in [0.2, 0.25) is 0 Å². The molecule has 1 atom stereocenters. The molecule has 0 aromatic heterocycles. The maximum atomic E-state index is 12.5. The summed E-state index contributed by atoms with van der Waals surface area (Å²) in [6.45, 7) is -1.85. The van der Waals surface area contributed by atoms with Crippen LogP contribution in [0.5, 0.6) is 11.5 Å². The predicted molar refractivity (Wildman–Crippen MR) is 96.2 cm³/mol. The van der Waals surface area contributed by atoms with Gasteiger partial charge in [0.15, 0.2) is 6.10 Å². The molecule has 0 unspecified atom stereocenters. The second-order valence-corrected chi connectivity index (χ2v) is 5.55. The van der Waals surface area contributed by atoms with Crippen molar-refractivity contribution in [1.82, 2.24) is 0 Å². The summed E-state index contributed by atoms with van der Waals surface area (Å²) in [7, 11) is 1.26. The van der Waals surface area contributed by atoms with Crippen LogP contribution in [0.4, 0.5) is 20.2 Å². The zero-order valence-corrected chi connectivity index (χ0v) is 15.3. The van der Waals surface area contributed by atoms with Gasteiger partial charge in [-0.3, -0.25) is 14.9 Å². The Morgan fingerprint density at radius 1 is 1.14 bits per heavy atom. The van der Waals surface area contributed by atoms with Crippen molar-refractivity contribution in [3.8, 4) is 11.5 Å². The molecule has 2 aromatic rings. The van der Waals surface area contributed by atoms with E-state index in [4.69, 9.17) is 9.47 Å². The van der Waals surface area contributed by atoms with Gasteiger partial charge in [-0.05, 0) is 25.1 Å². The highest BCUT2D eigenvalue weighted by molar-refractivity contribution is 5.99. The second-order valence-electron chi connectivity index (χ2n) is 5.55. The Balaban J connectivity index is 2.13. The molecule has 0 radical (unpaired) electrons. The number of rotatable bonds is 8. The van der Waals surface area contributed by atoms with E-state index in [2.05, 4.69) is 10.1 Å². The number of alkyl halides is 2. The Bertz CT molecular complexity index is 921. The Morgan fingerprint density at radius 2 is 1.83 bits per heavy atom. The fourth-order valence-corrected chi connectivity index (χ4v) is 2.25. The number of halogens is 2. The van der Waals surface area contributed by atoms with Gasteiger partial charge in [0.1, 0.15) is 17.1 Å². The molecule has 154 valence electrons. The van der Waals surface area contributed by atoms with E-state index in [1.165, 1.54) is 44.4 Å². The van der Waals surface area contributed by atoms with Crippen LogP contribution in [0.25, 0.3) is 0 Å². The number of amides is 1. The first-order valence-corrected chi connectivity index (χ1v) is 8.11. The molecule has 0 spiro atoms. The summed E-state index contributed by atoms with van der Waals surface area (Å²) < 4.78 is 39.2. The van der Waals surface area contributed by atoms with E-state index < -0.39 is 29.5 Å². The fourth-order valence-electron chi connectivity index (χ4n) is 2.25. The second kappa shape index (κ2) is 9.44. The zero-order chi connectivity index (χ0) is 21.6. The number of non-ortho nitro benzene ring substituents is 1. The first-order chi connectivity index (χ1) is 13.7. The molecule has 0 bridgehead atoms. The van der Waals surface area contributed by atoms with Crippen LogP contribution in [0, 0.1) is 10.1 Å². The number of nitro benzene ring substituents is 1. The van der Waals surface area contributed by atoms with Crippen LogP contribution in [0.1, 0.15) is 17.3 Å². The zero-order valence-electron chi connectivity index (χ0n) is 15.3. The lowest BCUT2D eigenvalue weighted by atomic mass is 10.1. The molecular formula is C18H16F2N2O7. The van der Waals surface area contributed by atoms with Gasteiger partial charge in [0, 0.05) is 12.1 Å². The van der Waals surface area contributed by atoms with Crippen LogP contribution in [-0.4, -0.2) is 36.6 Å². The first-order valence-electron chi connectivity index (χ1n) is 8.11. The molecule has 0 fully saturated rings. The number of benzene rings is 2. The number of carbonyl (C=O) groups excluding carboxylic acids is 2. The van der Waals surface area contributed by atoms with Crippen LogP contribution < -0.4 is 14.8 Å². The Kier molecular flexibility index (Phi) is 7.01. The lowest BCUT2D eigenvalue weighted by Gasteiger charge is -2.16. The maximum absolute atomic E-state index is 12.5. The van der Waals surface area contributed by atoms with Crippen molar-refractivity contribution in [3.63, 3.8) is 0 Å². The van der Waals surface area contributed by atoms with E-state index in [-0.39, 0.29) is 28.4 Å². The third-order valence-corrected chi connectivity index (χ3v) is 3.63. The van der Waals surface area contributed by atoms with Crippen LogP contribution in [0.3, 0.4) is 0 Å². The molecule has 1 N–H and O–H groups in total. The van der Waals surface area contributed by atoms with E-state index in [9.17, 15) is 28.5 Å². The SMILES string of the molecule is COc1ccc([N+](=O)[O-])cc1C(=O)O[C@H](C)C(=O)Nc1ccccc1OC(F)F. The molecule has 29 heavy (non-hydrogen) atoms. The quantitative estimate of drug-likeness (QED) is 0.403. The number of nitrogens with zero attached hydrogens (tertiary/aromatic N) is 1. The summed E-state index contributed by atoms with van der Waals surface area (Å²) in [6.07, 6.45) is -1.36. The Morgan fingerprint density at radius 3 is 2.45 bits per heavy atom. The van der Waals surface area contributed by atoms with Crippen LogP contribution in [-0.2, 0) is 9.53 Å². The third-order valence-electron chi connectivity index (χ3n) is 3.63. The summed E-state index contributed by atoms with van der Waals surface area (Å²) in [5.41, 5.74) is -0.663. The van der Waals surface area contributed by atoms with Crippen molar-refractivity contribution in [3.05, 3.63) is 58.1 Å². The van der Waals surface area contributed by atoms with Gasteiger partial charge in [-0.2, -0.15) is 8.78 Å². The first kappa shape index (κ1) is 21.5. The predicted octanol–water partition coefficient (Wildman–Crippen LogP) is 3.39.